The van der Waals surface area contributed by atoms with Gasteiger partial charge in [-0.2, -0.15) is 5.26 Å². The molecule has 1 nitrogen and oxygen atoms in total. The summed E-state index contributed by atoms with van der Waals surface area (Å²) in [6.45, 7) is 1.92. The van der Waals surface area contributed by atoms with Gasteiger partial charge in [-0.05, 0) is 30.2 Å². The van der Waals surface area contributed by atoms with Crippen LogP contribution in [0.15, 0.2) is 29.8 Å². The molecule has 0 heterocycles. The highest BCUT2D eigenvalue weighted by Crippen LogP contribution is 2.09. The molecule has 0 spiro atoms. The number of nitrogens with zero attached hydrogens (tertiary/aromatic N) is 1. The average molecular weight is 175 g/mol. The second kappa shape index (κ2) is 4.42. The third-order valence-electron chi connectivity index (χ3n) is 1.74. The Morgan fingerprint density at radius 3 is 2.54 bits per heavy atom. The number of hydrogen-bond donors (Lipinski definition) is 0. The van der Waals surface area contributed by atoms with Crippen molar-refractivity contribution in [3.8, 4) is 6.07 Å². The van der Waals surface area contributed by atoms with E-state index in [0.717, 1.165) is 5.56 Å². The minimum Gasteiger partial charge on any atom is -0.207 e. The molecule has 1 rings (SSSR count). The van der Waals surface area contributed by atoms with E-state index in [1.54, 1.807) is 18.2 Å². The van der Waals surface area contributed by atoms with Gasteiger partial charge in [-0.25, -0.2) is 4.39 Å². The summed E-state index contributed by atoms with van der Waals surface area (Å²) in [5.74, 6) is -0.257. The quantitative estimate of drug-likeness (QED) is 0.633. The maximum atomic E-state index is 12.5. The van der Waals surface area contributed by atoms with Gasteiger partial charge < -0.3 is 0 Å². The first-order valence-corrected chi connectivity index (χ1v) is 4.12. The zero-order chi connectivity index (χ0) is 9.68. The number of nitriles is 1. The molecule has 0 fully saturated rings. The van der Waals surface area contributed by atoms with Gasteiger partial charge in [0.2, 0.25) is 0 Å². The molecule has 2 heteroatoms. The standard InChI is InChI=1S/C11H10FN/c1-2-9(8-13)7-10-3-5-11(12)6-4-10/h3-7H,2H2,1H3/b9-7-. The molecular weight excluding hydrogens is 165 g/mol. The van der Waals surface area contributed by atoms with E-state index in [4.69, 9.17) is 5.26 Å². The summed E-state index contributed by atoms with van der Waals surface area (Å²) in [6, 6.07) is 8.16. The Labute approximate surface area is 77.1 Å². The van der Waals surface area contributed by atoms with Crippen molar-refractivity contribution in [3.63, 3.8) is 0 Å². The lowest BCUT2D eigenvalue weighted by molar-refractivity contribution is 0.628. The van der Waals surface area contributed by atoms with E-state index in [1.165, 1.54) is 12.1 Å². The molecule has 1 aromatic carbocycles. The van der Waals surface area contributed by atoms with E-state index < -0.39 is 0 Å². The van der Waals surface area contributed by atoms with E-state index in [1.807, 2.05) is 6.92 Å². The number of halogens is 1. The van der Waals surface area contributed by atoms with Crippen LogP contribution in [0.1, 0.15) is 18.9 Å². The van der Waals surface area contributed by atoms with Crippen LogP contribution in [-0.2, 0) is 0 Å². The molecule has 0 amide bonds. The first-order valence-electron chi connectivity index (χ1n) is 4.12. The van der Waals surface area contributed by atoms with Gasteiger partial charge in [0, 0.05) is 5.57 Å². The summed E-state index contributed by atoms with van der Waals surface area (Å²) in [7, 11) is 0. The van der Waals surface area contributed by atoms with E-state index >= 15 is 0 Å². The van der Waals surface area contributed by atoms with Crippen molar-refractivity contribution in [1.82, 2.24) is 0 Å². The highest BCUT2D eigenvalue weighted by atomic mass is 19.1. The summed E-state index contributed by atoms with van der Waals surface area (Å²) in [6.07, 6.45) is 2.47. The monoisotopic (exact) mass is 175 g/mol. The predicted molar refractivity (Wildman–Crippen MR) is 50.3 cm³/mol. The maximum absolute atomic E-state index is 12.5. The van der Waals surface area contributed by atoms with Gasteiger partial charge in [-0.1, -0.05) is 19.1 Å². The fourth-order valence-electron chi connectivity index (χ4n) is 0.974. The molecule has 0 saturated heterocycles. The number of benzene rings is 1. The highest BCUT2D eigenvalue weighted by molar-refractivity contribution is 5.56. The van der Waals surface area contributed by atoms with Gasteiger partial charge in [0.25, 0.3) is 0 Å². The molecular formula is C11H10FN. The van der Waals surface area contributed by atoms with Crippen LogP contribution in [0.5, 0.6) is 0 Å². The zero-order valence-electron chi connectivity index (χ0n) is 7.42. The maximum Gasteiger partial charge on any atom is 0.123 e. The summed E-state index contributed by atoms with van der Waals surface area (Å²) in [5, 5.41) is 8.65. The van der Waals surface area contributed by atoms with Gasteiger partial charge in [-0.3, -0.25) is 0 Å². The highest BCUT2D eigenvalue weighted by Gasteiger charge is 1.93. The minimum atomic E-state index is -0.257. The lowest BCUT2D eigenvalue weighted by atomic mass is 10.1. The Morgan fingerprint density at radius 1 is 1.46 bits per heavy atom. The van der Waals surface area contributed by atoms with E-state index in [9.17, 15) is 4.39 Å². The molecule has 0 bridgehead atoms. The van der Waals surface area contributed by atoms with Crippen LogP contribution in [-0.4, -0.2) is 0 Å². The first kappa shape index (κ1) is 9.47. The third kappa shape index (κ3) is 2.72. The summed E-state index contributed by atoms with van der Waals surface area (Å²) < 4.78 is 12.5. The Kier molecular flexibility index (Phi) is 3.22. The third-order valence-corrected chi connectivity index (χ3v) is 1.74. The Morgan fingerprint density at radius 2 is 2.08 bits per heavy atom. The molecule has 1 aromatic rings. The van der Waals surface area contributed by atoms with Gasteiger partial charge in [0.05, 0.1) is 6.07 Å². The van der Waals surface area contributed by atoms with Gasteiger partial charge >= 0.3 is 0 Å². The van der Waals surface area contributed by atoms with Crippen LogP contribution < -0.4 is 0 Å². The number of rotatable bonds is 2. The van der Waals surface area contributed by atoms with Crippen molar-refractivity contribution in [2.45, 2.75) is 13.3 Å². The van der Waals surface area contributed by atoms with E-state index in [2.05, 4.69) is 6.07 Å². The number of hydrogen-bond acceptors (Lipinski definition) is 1. The molecule has 13 heavy (non-hydrogen) atoms. The molecule has 66 valence electrons. The lowest BCUT2D eigenvalue weighted by Crippen LogP contribution is -1.78. The van der Waals surface area contributed by atoms with Crippen LogP contribution in [0.4, 0.5) is 4.39 Å². The van der Waals surface area contributed by atoms with Crippen LogP contribution in [0.2, 0.25) is 0 Å². The van der Waals surface area contributed by atoms with Gasteiger partial charge in [0.15, 0.2) is 0 Å². The van der Waals surface area contributed by atoms with Crippen molar-refractivity contribution in [3.05, 3.63) is 41.2 Å². The molecule has 0 unspecified atom stereocenters. The van der Waals surface area contributed by atoms with Crippen molar-refractivity contribution in [2.75, 3.05) is 0 Å². The van der Waals surface area contributed by atoms with Gasteiger partial charge in [0.1, 0.15) is 5.82 Å². The molecule has 0 aliphatic rings. The number of allylic oxidation sites excluding steroid dienone is 1. The summed E-state index contributed by atoms with van der Waals surface area (Å²) in [4.78, 5) is 0. The predicted octanol–water partition coefficient (Wildman–Crippen LogP) is 3.14. The zero-order valence-corrected chi connectivity index (χ0v) is 7.42. The first-order chi connectivity index (χ1) is 6.26. The topological polar surface area (TPSA) is 23.8 Å². The lowest BCUT2D eigenvalue weighted by Gasteiger charge is -1.94. The fourth-order valence-corrected chi connectivity index (χ4v) is 0.974. The molecule has 0 radical (unpaired) electrons. The van der Waals surface area contributed by atoms with Crippen LogP contribution >= 0.6 is 0 Å². The average Bonchev–Trinajstić information content (AvgIpc) is 2.17. The van der Waals surface area contributed by atoms with Crippen molar-refractivity contribution in [1.29, 1.82) is 5.26 Å². The van der Waals surface area contributed by atoms with E-state index in [0.29, 0.717) is 12.0 Å². The normalized spacial score (nSPS) is 11.0. The fraction of sp³-hybridized carbons (Fsp3) is 0.182. The van der Waals surface area contributed by atoms with Crippen molar-refractivity contribution in [2.24, 2.45) is 0 Å². The molecule has 0 aliphatic carbocycles. The minimum absolute atomic E-state index is 0.257. The second-order valence-corrected chi connectivity index (χ2v) is 2.69. The van der Waals surface area contributed by atoms with E-state index in [-0.39, 0.29) is 5.82 Å². The van der Waals surface area contributed by atoms with Gasteiger partial charge in [-0.15, -0.1) is 0 Å². The molecule has 0 aliphatic heterocycles. The Balaban J connectivity index is 2.92. The van der Waals surface area contributed by atoms with Crippen LogP contribution in [0, 0.1) is 17.1 Å². The van der Waals surface area contributed by atoms with Crippen molar-refractivity contribution < 1.29 is 4.39 Å². The molecule has 0 atom stereocenters. The largest absolute Gasteiger partial charge is 0.207 e. The van der Waals surface area contributed by atoms with Crippen LogP contribution in [0.3, 0.4) is 0 Å². The van der Waals surface area contributed by atoms with Crippen LogP contribution in [0.25, 0.3) is 6.08 Å². The SMILES string of the molecule is CC/C(C#N)=C/c1ccc(F)cc1. The molecule has 0 N–H and O–H groups in total. The summed E-state index contributed by atoms with van der Waals surface area (Å²) in [5.41, 5.74) is 1.56. The second-order valence-electron chi connectivity index (χ2n) is 2.69. The van der Waals surface area contributed by atoms with Crippen molar-refractivity contribution >= 4 is 6.08 Å². The Hall–Kier alpha value is -1.62. The summed E-state index contributed by atoms with van der Waals surface area (Å²) >= 11 is 0. The Bertz CT molecular complexity index is 343. The smallest absolute Gasteiger partial charge is 0.123 e. The molecule has 0 saturated carbocycles. The molecule has 0 aromatic heterocycles.